The summed E-state index contributed by atoms with van der Waals surface area (Å²) >= 11 is 0. The van der Waals surface area contributed by atoms with Crippen LogP contribution in [0.1, 0.15) is 51.9 Å². The van der Waals surface area contributed by atoms with Crippen molar-refractivity contribution in [3.8, 4) is 0 Å². The van der Waals surface area contributed by atoms with Crippen molar-refractivity contribution in [2.45, 2.75) is 58.0 Å². The van der Waals surface area contributed by atoms with Crippen LogP contribution < -0.4 is 5.32 Å². The molecule has 146 valence electrons. The second kappa shape index (κ2) is 9.74. The van der Waals surface area contributed by atoms with Gasteiger partial charge in [-0.1, -0.05) is 19.8 Å². The van der Waals surface area contributed by atoms with Gasteiger partial charge in [0.05, 0.1) is 6.10 Å². The lowest BCUT2D eigenvalue weighted by Gasteiger charge is -2.39. The Hall–Kier alpha value is -0.0800. The van der Waals surface area contributed by atoms with Crippen molar-refractivity contribution in [3.63, 3.8) is 0 Å². The van der Waals surface area contributed by atoms with Gasteiger partial charge in [0.15, 0.2) is 5.96 Å². The fourth-order valence-electron chi connectivity index (χ4n) is 4.71. The van der Waals surface area contributed by atoms with Gasteiger partial charge in [-0.25, -0.2) is 0 Å². The van der Waals surface area contributed by atoms with E-state index in [0.717, 1.165) is 50.8 Å². The zero-order chi connectivity index (χ0) is 17.0. The zero-order valence-electron chi connectivity index (χ0n) is 16.0. The lowest BCUT2D eigenvalue weighted by atomic mass is 9.73. The number of nitrogens with zero attached hydrogens (tertiary/aromatic N) is 3. The molecule has 3 atom stereocenters. The van der Waals surface area contributed by atoms with Gasteiger partial charge in [-0.2, -0.15) is 0 Å². The molecule has 3 aliphatic rings. The third kappa shape index (κ3) is 5.45. The molecule has 0 aromatic rings. The number of guanidine groups is 1. The van der Waals surface area contributed by atoms with Crippen LogP contribution in [0, 0.1) is 11.3 Å². The molecule has 1 saturated carbocycles. The summed E-state index contributed by atoms with van der Waals surface area (Å²) in [6.45, 7) is 9.11. The first-order valence-electron chi connectivity index (χ1n) is 9.97. The Balaban J connectivity index is 0.00000225. The predicted molar refractivity (Wildman–Crippen MR) is 115 cm³/mol. The number of hydrogen-bond donors (Lipinski definition) is 2. The molecule has 2 N–H and O–H groups in total. The smallest absolute Gasteiger partial charge is 0.193 e. The van der Waals surface area contributed by atoms with E-state index in [1.165, 1.54) is 45.3 Å². The van der Waals surface area contributed by atoms with E-state index in [9.17, 15) is 5.11 Å². The van der Waals surface area contributed by atoms with Crippen molar-refractivity contribution in [2.75, 3.05) is 46.3 Å². The van der Waals surface area contributed by atoms with Crippen LogP contribution >= 0.6 is 24.0 Å². The highest BCUT2D eigenvalue weighted by Crippen LogP contribution is 2.35. The van der Waals surface area contributed by atoms with E-state index >= 15 is 0 Å². The molecule has 1 aliphatic carbocycles. The summed E-state index contributed by atoms with van der Waals surface area (Å²) in [6, 6.07) is 0. The second-order valence-electron chi connectivity index (χ2n) is 8.42. The van der Waals surface area contributed by atoms with E-state index in [4.69, 9.17) is 0 Å². The first kappa shape index (κ1) is 21.2. The van der Waals surface area contributed by atoms with Crippen LogP contribution in [-0.4, -0.2) is 73.3 Å². The molecule has 5 nitrogen and oxygen atoms in total. The SMILES string of the molecule is CN=C(NCC1(C)CCCCC1O)N1CCC(CN2CCCC2)C1.I. The van der Waals surface area contributed by atoms with Gasteiger partial charge in [-0.05, 0) is 51.1 Å². The van der Waals surface area contributed by atoms with Crippen molar-refractivity contribution in [2.24, 2.45) is 16.3 Å². The number of nitrogens with one attached hydrogen (secondary N) is 1. The average Bonchev–Trinajstić information content (AvgIpc) is 3.24. The summed E-state index contributed by atoms with van der Waals surface area (Å²) in [6.07, 6.45) is 8.29. The van der Waals surface area contributed by atoms with Crippen LogP contribution in [0.2, 0.25) is 0 Å². The van der Waals surface area contributed by atoms with Crippen molar-refractivity contribution >= 4 is 29.9 Å². The van der Waals surface area contributed by atoms with Crippen LogP contribution in [0.15, 0.2) is 4.99 Å². The standard InChI is InChI=1S/C19H36N4O.HI/c1-19(9-4-3-7-17(19)24)15-21-18(20-2)23-12-8-16(14-23)13-22-10-5-6-11-22;/h16-17,24H,3-15H2,1-2H3,(H,20,21);1H. The van der Waals surface area contributed by atoms with E-state index in [0.29, 0.717) is 0 Å². The molecule has 3 fully saturated rings. The highest BCUT2D eigenvalue weighted by atomic mass is 127. The number of likely N-dealkylation sites (tertiary alicyclic amines) is 2. The highest BCUT2D eigenvalue weighted by molar-refractivity contribution is 14.0. The quantitative estimate of drug-likeness (QED) is 0.382. The zero-order valence-corrected chi connectivity index (χ0v) is 18.4. The van der Waals surface area contributed by atoms with E-state index in [2.05, 4.69) is 27.0 Å². The second-order valence-corrected chi connectivity index (χ2v) is 8.42. The largest absolute Gasteiger partial charge is 0.392 e. The summed E-state index contributed by atoms with van der Waals surface area (Å²) < 4.78 is 0. The van der Waals surface area contributed by atoms with E-state index < -0.39 is 0 Å². The topological polar surface area (TPSA) is 51.1 Å². The van der Waals surface area contributed by atoms with E-state index in [1.807, 2.05) is 7.05 Å². The van der Waals surface area contributed by atoms with E-state index in [-0.39, 0.29) is 35.5 Å². The lowest BCUT2D eigenvalue weighted by Crippen LogP contribution is -2.49. The number of aliphatic hydroxyl groups excluding tert-OH is 1. The van der Waals surface area contributed by atoms with Gasteiger partial charge in [-0.15, -0.1) is 24.0 Å². The first-order valence-corrected chi connectivity index (χ1v) is 9.97. The maximum Gasteiger partial charge on any atom is 0.193 e. The van der Waals surface area contributed by atoms with Crippen molar-refractivity contribution < 1.29 is 5.11 Å². The summed E-state index contributed by atoms with van der Waals surface area (Å²) in [7, 11) is 1.88. The summed E-state index contributed by atoms with van der Waals surface area (Å²) in [4.78, 5) is 9.56. The lowest BCUT2D eigenvalue weighted by molar-refractivity contribution is 0.00369. The molecule has 0 radical (unpaired) electrons. The number of rotatable bonds is 4. The molecule has 0 spiro atoms. The number of halogens is 1. The van der Waals surface area contributed by atoms with Gasteiger partial charge in [0.2, 0.25) is 0 Å². The minimum Gasteiger partial charge on any atom is -0.392 e. The molecule has 0 bridgehead atoms. The number of aliphatic hydroxyl groups is 1. The van der Waals surface area contributed by atoms with Gasteiger partial charge in [0.1, 0.15) is 0 Å². The maximum atomic E-state index is 10.4. The number of aliphatic imine (C=N–C) groups is 1. The summed E-state index contributed by atoms with van der Waals surface area (Å²) in [5.74, 6) is 1.80. The van der Waals surface area contributed by atoms with Crippen LogP contribution in [0.25, 0.3) is 0 Å². The molecule has 2 heterocycles. The Morgan fingerprint density at radius 1 is 1.16 bits per heavy atom. The third-order valence-corrected chi connectivity index (χ3v) is 6.44. The van der Waals surface area contributed by atoms with Gasteiger partial charge < -0.3 is 20.2 Å². The maximum absolute atomic E-state index is 10.4. The normalized spacial score (nSPS) is 34.2. The molecular formula is C19H37IN4O. The molecule has 6 heteroatoms. The van der Waals surface area contributed by atoms with Crippen LogP contribution in [0.4, 0.5) is 0 Å². The van der Waals surface area contributed by atoms with Crippen molar-refractivity contribution in [1.82, 2.24) is 15.1 Å². The fraction of sp³-hybridized carbons (Fsp3) is 0.947. The molecule has 0 amide bonds. The van der Waals surface area contributed by atoms with Gasteiger partial charge >= 0.3 is 0 Å². The molecule has 0 aromatic heterocycles. The molecule has 2 saturated heterocycles. The Morgan fingerprint density at radius 2 is 1.92 bits per heavy atom. The van der Waals surface area contributed by atoms with Crippen molar-refractivity contribution in [1.29, 1.82) is 0 Å². The molecule has 0 aromatic carbocycles. The Kier molecular flexibility index (Phi) is 8.27. The minimum absolute atomic E-state index is 0. The van der Waals surface area contributed by atoms with Gasteiger partial charge in [0.25, 0.3) is 0 Å². The highest BCUT2D eigenvalue weighted by Gasteiger charge is 2.36. The molecule has 2 aliphatic heterocycles. The summed E-state index contributed by atoms with van der Waals surface area (Å²) in [5.41, 5.74) is -0.0110. The Bertz CT molecular complexity index is 441. The molecule has 25 heavy (non-hydrogen) atoms. The van der Waals surface area contributed by atoms with Crippen LogP contribution in [0.3, 0.4) is 0 Å². The third-order valence-electron chi connectivity index (χ3n) is 6.44. The predicted octanol–water partition coefficient (Wildman–Crippen LogP) is 2.54. The molecular weight excluding hydrogens is 427 g/mol. The monoisotopic (exact) mass is 464 g/mol. The number of hydrogen-bond acceptors (Lipinski definition) is 3. The van der Waals surface area contributed by atoms with Crippen molar-refractivity contribution in [3.05, 3.63) is 0 Å². The van der Waals surface area contributed by atoms with Crippen LogP contribution in [0.5, 0.6) is 0 Å². The van der Waals surface area contributed by atoms with Gasteiger partial charge in [0, 0.05) is 38.6 Å². The van der Waals surface area contributed by atoms with Gasteiger partial charge in [-0.3, -0.25) is 4.99 Å². The minimum atomic E-state index is -0.182. The van der Waals surface area contributed by atoms with Crippen LogP contribution in [-0.2, 0) is 0 Å². The first-order chi connectivity index (χ1) is 11.6. The Morgan fingerprint density at radius 3 is 2.60 bits per heavy atom. The summed E-state index contributed by atoms with van der Waals surface area (Å²) in [5, 5.41) is 14.0. The average molecular weight is 464 g/mol. The molecule has 3 rings (SSSR count). The van der Waals surface area contributed by atoms with E-state index in [1.54, 1.807) is 0 Å². The fourth-order valence-corrected chi connectivity index (χ4v) is 4.71. The molecule has 3 unspecified atom stereocenters. The Labute approximate surface area is 170 Å².